The molecule has 17 heteroatoms. The zero-order valence-corrected chi connectivity index (χ0v) is 24.7. The number of esters is 2. The number of amides is 4. The Kier molecular flexibility index (Phi) is 11.8. The number of rotatable bonds is 11. The second kappa shape index (κ2) is 15.5. The van der Waals surface area contributed by atoms with Gasteiger partial charge >= 0.3 is 24.0 Å². The molecule has 0 saturated carbocycles. The van der Waals surface area contributed by atoms with Gasteiger partial charge < -0.3 is 44.2 Å². The van der Waals surface area contributed by atoms with E-state index in [2.05, 4.69) is 19.9 Å². The largest absolute Gasteiger partial charge is 0.480 e. The van der Waals surface area contributed by atoms with Crippen molar-refractivity contribution >= 4 is 47.4 Å². The minimum absolute atomic E-state index is 0.167. The average Bonchev–Trinajstić information content (AvgIpc) is 2.98. The van der Waals surface area contributed by atoms with E-state index in [0.717, 1.165) is 29.5 Å². The number of hydrogen-bond donors (Lipinski definition) is 2. The van der Waals surface area contributed by atoms with Gasteiger partial charge in [0, 0.05) is 71.2 Å². The van der Waals surface area contributed by atoms with Gasteiger partial charge in [-0.1, -0.05) is 0 Å². The van der Waals surface area contributed by atoms with Crippen LogP contribution in [0.25, 0.3) is 0 Å². The van der Waals surface area contributed by atoms with E-state index in [4.69, 9.17) is 9.47 Å². The van der Waals surface area contributed by atoms with Crippen LogP contribution in [0, 0.1) is 0 Å². The smallest absolute Gasteiger partial charge is 0.410 e. The topological polar surface area (TPSA) is 205 Å². The molecule has 17 nitrogen and oxygen atoms in total. The number of pyridine rings is 1. The molecular weight excluding hydrogens is 584 g/mol. The Hall–Kier alpha value is -4.96. The molecule has 2 aliphatic rings. The summed E-state index contributed by atoms with van der Waals surface area (Å²) in [6, 6.07) is 0.709. The first-order valence-corrected chi connectivity index (χ1v) is 13.8. The molecule has 1 aromatic rings. The molecule has 1 aromatic heterocycles. The van der Waals surface area contributed by atoms with Gasteiger partial charge in [-0.15, -0.1) is 0 Å². The Morgan fingerprint density at radius 1 is 1.02 bits per heavy atom. The van der Waals surface area contributed by atoms with Gasteiger partial charge in [0.15, 0.2) is 0 Å². The van der Waals surface area contributed by atoms with Crippen molar-refractivity contribution in [1.82, 2.24) is 25.0 Å². The minimum Gasteiger partial charge on any atom is -0.480 e. The minimum atomic E-state index is -1.54. The number of nitrogens with one attached hydrogen (secondary N) is 1. The lowest BCUT2D eigenvalue weighted by Gasteiger charge is -2.41. The Labute approximate surface area is 253 Å². The van der Waals surface area contributed by atoms with Gasteiger partial charge in [0.25, 0.3) is 0 Å². The molecule has 3 heterocycles. The van der Waals surface area contributed by atoms with Crippen LogP contribution in [0.5, 0.6) is 0 Å². The zero-order valence-electron chi connectivity index (χ0n) is 24.7. The lowest BCUT2D eigenvalue weighted by molar-refractivity contribution is -0.163. The standard InChI is InChI=1S/C27H36N6O11/c1-17(34)43-18(2)44-27(41)29-20(14-22(35)31-10-8-30(9-11-31)19-4-6-28-7-5-19)25(39)33-13-12-32(16-23(36)37)26(40)21(33)15-24(38)42-3/h4-7,18,20-21H,8-16H2,1-3H3,(H,29,41)(H,36,37)/t18-,20?,21+/m1/s1. The first kappa shape index (κ1) is 33.5. The summed E-state index contributed by atoms with van der Waals surface area (Å²) < 4.78 is 14.4. The summed E-state index contributed by atoms with van der Waals surface area (Å²) in [5, 5.41) is 11.5. The highest BCUT2D eigenvalue weighted by molar-refractivity contribution is 5.97. The maximum atomic E-state index is 13.9. The molecule has 0 spiro atoms. The summed E-state index contributed by atoms with van der Waals surface area (Å²) in [6.07, 6.45) is -0.255. The molecule has 2 saturated heterocycles. The third-order valence-electron chi connectivity index (χ3n) is 7.01. The number of aliphatic carboxylic acids is 1. The van der Waals surface area contributed by atoms with Crippen molar-refractivity contribution in [2.75, 3.05) is 57.8 Å². The average molecular weight is 621 g/mol. The molecule has 0 radical (unpaired) electrons. The van der Waals surface area contributed by atoms with Crippen LogP contribution in [0.15, 0.2) is 24.5 Å². The molecule has 44 heavy (non-hydrogen) atoms. The molecule has 0 bridgehead atoms. The van der Waals surface area contributed by atoms with E-state index in [0.29, 0.717) is 26.2 Å². The maximum Gasteiger partial charge on any atom is 0.410 e. The van der Waals surface area contributed by atoms with Crippen molar-refractivity contribution in [3.8, 4) is 0 Å². The molecule has 3 atom stereocenters. The van der Waals surface area contributed by atoms with Gasteiger partial charge in [0.05, 0.1) is 20.0 Å². The van der Waals surface area contributed by atoms with E-state index in [9.17, 15) is 38.7 Å². The molecule has 1 unspecified atom stereocenters. The predicted octanol–water partition coefficient (Wildman–Crippen LogP) is -1.19. The molecule has 2 aliphatic heterocycles. The summed E-state index contributed by atoms with van der Waals surface area (Å²) >= 11 is 0. The summed E-state index contributed by atoms with van der Waals surface area (Å²) in [5.41, 5.74) is 0.940. The number of carboxylic acids is 1. The summed E-state index contributed by atoms with van der Waals surface area (Å²) in [6.45, 7) is 3.05. The van der Waals surface area contributed by atoms with Crippen molar-refractivity contribution in [3.05, 3.63) is 24.5 Å². The van der Waals surface area contributed by atoms with Crippen LogP contribution in [0.1, 0.15) is 26.7 Å². The van der Waals surface area contributed by atoms with Gasteiger partial charge in [-0.3, -0.25) is 33.8 Å². The Bertz CT molecular complexity index is 1240. The first-order chi connectivity index (χ1) is 20.9. The van der Waals surface area contributed by atoms with E-state index in [1.165, 1.54) is 11.8 Å². The van der Waals surface area contributed by atoms with Crippen LogP contribution in [-0.4, -0.2) is 138 Å². The number of aromatic nitrogens is 1. The van der Waals surface area contributed by atoms with Crippen molar-refractivity contribution in [1.29, 1.82) is 0 Å². The number of carbonyl (C=O) groups is 7. The molecular formula is C27H36N6O11. The molecule has 2 fully saturated rings. The quantitative estimate of drug-likeness (QED) is 0.221. The number of nitrogens with zero attached hydrogens (tertiary/aromatic N) is 5. The fourth-order valence-electron chi connectivity index (χ4n) is 4.92. The second-order valence-corrected chi connectivity index (χ2v) is 10.0. The van der Waals surface area contributed by atoms with Crippen molar-refractivity contribution in [3.63, 3.8) is 0 Å². The lowest BCUT2D eigenvalue weighted by atomic mass is 10.0. The highest BCUT2D eigenvalue weighted by Gasteiger charge is 2.43. The fraction of sp³-hybridized carbons (Fsp3) is 0.556. The lowest BCUT2D eigenvalue weighted by Crippen LogP contribution is -2.63. The van der Waals surface area contributed by atoms with Crippen molar-refractivity contribution in [2.45, 2.75) is 45.1 Å². The molecule has 0 aromatic carbocycles. The monoisotopic (exact) mass is 620 g/mol. The number of hydrogen-bond acceptors (Lipinski definition) is 12. The Morgan fingerprint density at radius 2 is 1.68 bits per heavy atom. The number of anilines is 1. The molecule has 0 aliphatic carbocycles. The predicted molar refractivity (Wildman–Crippen MR) is 149 cm³/mol. The van der Waals surface area contributed by atoms with E-state index in [1.54, 1.807) is 12.4 Å². The van der Waals surface area contributed by atoms with Crippen LogP contribution in [-0.2, 0) is 43.0 Å². The summed E-state index contributed by atoms with van der Waals surface area (Å²) in [5.74, 6) is -4.98. The number of alkyl carbamates (subject to hydrolysis) is 1. The van der Waals surface area contributed by atoms with E-state index in [1.807, 2.05) is 12.1 Å². The van der Waals surface area contributed by atoms with Crippen LogP contribution < -0.4 is 10.2 Å². The Balaban J connectivity index is 1.79. The van der Waals surface area contributed by atoms with Crippen molar-refractivity contribution in [2.24, 2.45) is 0 Å². The molecule has 2 N–H and O–H groups in total. The van der Waals surface area contributed by atoms with Crippen LogP contribution >= 0.6 is 0 Å². The van der Waals surface area contributed by atoms with Gasteiger partial charge in [-0.05, 0) is 12.1 Å². The van der Waals surface area contributed by atoms with Gasteiger partial charge in [0.1, 0.15) is 18.6 Å². The summed E-state index contributed by atoms with van der Waals surface area (Å²) in [7, 11) is 1.09. The molecule has 4 amide bonds. The van der Waals surface area contributed by atoms with E-state index < -0.39 is 79.5 Å². The number of carboxylic acid groups (broad SMARTS) is 1. The maximum absolute atomic E-state index is 13.9. The third kappa shape index (κ3) is 9.27. The molecule has 3 rings (SSSR count). The van der Waals surface area contributed by atoms with Gasteiger partial charge in [0.2, 0.25) is 24.0 Å². The summed E-state index contributed by atoms with van der Waals surface area (Å²) in [4.78, 5) is 97.3. The number of carbonyl (C=O) groups excluding carboxylic acids is 6. The SMILES string of the molecule is COC(=O)C[C@H]1C(=O)N(CC(=O)O)CCN1C(=O)C(CC(=O)N1CCN(c2ccncc2)CC1)NC(=O)O[C@H](C)OC(C)=O. The molecule has 240 valence electrons. The second-order valence-electron chi connectivity index (χ2n) is 10.0. The zero-order chi connectivity index (χ0) is 32.4. The first-order valence-electron chi connectivity index (χ1n) is 13.8. The Morgan fingerprint density at radius 3 is 2.27 bits per heavy atom. The van der Waals surface area contributed by atoms with Crippen molar-refractivity contribution < 1.29 is 52.9 Å². The highest BCUT2D eigenvalue weighted by atomic mass is 16.7. The number of methoxy groups -OCH3 is 1. The third-order valence-corrected chi connectivity index (χ3v) is 7.01. The van der Waals surface area contributed by atoms with E-state index >= 15 is 0 Å². The van der Waals surface area contributed by atoms with Crippen LogP contribution in [0.2, 0.25) is 0 Å². The normalized spacial score (nSPS) is 18.2. The van der Waals surface area contributed by atoms with Gasteiger partial charge in [-0.2, -0.15) is 0 Å². The number of ether oxygens (including phenoxy) is 3. The van der Waals surface area contributed by atoms with Crippen LogP contribution in [0.4, 0.5) is 10.5 Å². The van der Waals surface area contributed by atoms with E-state index in [-0.39, 0.29) is 13.1 Å². The highest BCUT2D eigenvalue weighted by Crippen LogP contribution is 2.20. The van der Waals surface area contributed by atoms with Crippen LogP contribution in [0.3, 0.4) is 0 Å². The van der Waals surface area contributed by atoms with Gasteiger partial charge in [-0.25, -0.2) is 4.79 Å². The number of piperazine rings is 2. The fourth-order valence-corrected chi connectivity index (χ4v) is 4.92.